The van der Waals surface area contributed by atoms with E-state index in [-0.39, 0.29) is 0 Å². The fourth-order valence-corrected chi connectivity index (χ4v) is 2.50. The van der Waals surface area contributed by atoms with Crippen LogP contribution in [-0.2, 0) is 6.54 Å². The molecule has 1 saturated heterocycles. The van der Waals surface area contributed by atoms with Crippen LogP contribution >= 0.6 is 11.3 Å². The highest BCUT2D eigenvalue weighted by Gasteiger charge is 2.24. The minimum Gasteiger partial charge on any atom is -0.314 e. The molecule has 1 N–H and O–H groups in total. The number of thiazole rings is 1. The summed E-state index contributed by atoms with van der Waals surface area (Å²) >= 11 is 1.75. The zero-order chi connectivity index (χ0) is 10.7. The van der Waals surface area contributed by atoms with Crippen LogP contribution in [0.1, 0.15) is 24.0 Å². The van der Waals surface area contributed by atoms with Gasteiger partial charge in [-0.25, -0.2) is 4.98 Å². The van der Waals surface area contributed by atoms with E-state index in [0.717, 1.165) is 25.7 Å². The lowest BCUT2D eigenvalue weighted by Gasteiger charge is -2.37. The molecule has 2 rings (SSSR count). The first-order valence-electron chi connectivity index (χ1n) is 5.65. The molecular weight excluding hydrogens is 206 g/mol. The van der Waals surface area contributed by atoms with E-state index < -0.39 is 0 Å². The fourth-order valence-electron chi connectivity index (χ4n) is 1.90. The summed E-state index contributed by atoms with van der Waals surface area (Å²) < 4.78 is 0. The molecule has 0 amide bonds. The Kier molecular flexibility index (Phi) is 3.72. The molecule has 84 valence electrons. The molecule has 0 bridgehead atoms. The molecule has 0 unspecified atom stereocenters. The summed E-state index contributed by atoms with van der Waals surface area (Å²) in [5, 5.41) is 6.69. The molecule has 1 aliphatic rings. The maximum Gasteiger partial charge on any atom is 0.0897 e. The van der Waals surface area contributed by atoms with Gasteiger partial charge in [0.15, 0.2) is 0 Å². The minimum atomic E-state index is 0.729. The molecule has 0 aromatic carbocycles. The largest absolute Gasteiger partial charge is 0.314 e. The molecule has 1 fully saturated rings. The molecule has 1 aromatic heterocycles. The normalized spacial score (nSPS) is 17.0. The Bertz CT molecular complexity index is 307. The Balaban J connectivity index is 1.93. The number of nitrogens with zero attached hydrogens (tertiary/aromatic N) is 2. The monoisotopic (exact) mass is 225 g/mol. The molecule has 3 nitrogen and oxygen atoms in total. The molecule has 0 aliphatic carbocycles. The third-order valence-electron chi connectivity index (χ3n) is 2.82. The Morgan fingerprint density at radius 2 is 2.40 bits per heavy atom. The van der Waals surface area contributed by atoms with Crippen molar-refractivity contribution in [1.29, 1.82) is 0 Å². The number of nitrogens with one attached hydrogen (secondary N) is 1. The standard InChI is InChI=1S/C11H19N3S/c1-3-4-14(11-5-12-6-11)7-10-8-15-9(2)13-10/h8,11-12H,3-7H2,1-2H3. The highest BCUT2D eigenvalue weighted by molar-refractivity contribution is 7.09. The van der Waals surface area contributed by atoms with E-state index in [2.05, 4.69) is 34.4 Å². The third-order valence-corrected chi connectivity index (χ3v) is 3.64. The van der Waals surface area contributed by atoms with E-state index in [1.807, 2.05) is 0 Å². The molecule has 15 heavy (non-hydrogen) atoms. The van der Waals surface area contributed by atoms with Gasteiger partial charge in [-0.15, -0.1) is 11.3 Å². The van der Waals surface area contributed by atoms with Gasteiger partial charge in [0.25, 0.3) is 0 Å². The van der Waals surface area contributed by atoms with E-state index >= 15 is 0 Å². The van der Waals surface area contributed by atoms with Crippen LogP contribution in [-0.4, -0.2) is 35.6 Å². The predicted octanol–water partition coefficient (Wildman–Crippen LogP) is 1.64. The molecule has 4 heteroatoms. The Morgan fingerprint density at radius 3 is 2.87 bits per heavy atom. The van der Waals surface area contributed by atoms with E-state index in [4.69, 9.17) is 0 Å². The number of hydrogen-bond acceptors (Lipinski definition) is 4. The number of rotatable bonds is 5. The van der Waals surface area contributed by atoms with Gasteiger partial charge in [-0.2, -0.15) is 0 Å². The molecular formula is C11H19N3S. The van der Waals surface area contributed by atoms with Gasteiger partial charge in [0.2, 0.25) is 0 Å². The third kappa shape index (κ3) is 2.77. The summed E-state index contributed by atoms with van der Waals surface area (Å²) in [5.41, 5.74) is 1.23. The van der Waals surface area contributed by atoms with Gasteiger partial charge in [0, 0.05) is 31.1 Å². The van der Waals surface area contributed by atoms with Crippen molar-refractivity contribution in [2.45, 2.75) is 32.9 Å². The molecule has 0 saturated carbocycles. The lowest BCUT2D eigenvalue weighted by Crippen LogP contribution is -2.57. The smallest absolute Gasteiger partial charge is 0.0897 e. The molecule has 0 atom stereocenters. The van der Waals surface area contributed by atoms with Crippen LogP contribution in [0, 0.1) is 6.92 Å². The summed E-state index contributed by atoms with van der Waals surface area (Å²) in [4.78, 5) is 7.08. The van der Waals surface area contributed by atoms with Gasteiger partial charge in [-0.3, -0.25) is 4.90 Å². The van der Waals surface area contributed by atoms with Crippen LogP contribution in [0.5, 0.6) is 0 Å². The maximum absolute atomic E-state index is 4.53. The molecule has 1 aliphatic heterocycles. The van der Waals surface area contributed by atoms with Crippen molar-refractivity contribution in [2.24, 2.45) is 0 Å². The van der Waals surface area contributed by atoms with Gasteiger partial charge in [0.1, 0.15) is 0 Å². The van der Waals surface area contributed by atoms with Crippen molar-refractivity contribution in [2.75, 3.05) is 19.6 Å². The zero-order valence-electron chi connectivity index (χ0n) is 9.49. The highest BCUT2D eigenvalue weighted by atomic mass is 32.1. The molecule has 2 heterocycles. The van der Waals surface area contributed by atoms with Gasteiger partial charge in [-0.1, -0.05) is 6.92 Å². The average Bonchev–Trinajstić information content (AvgIpc) is 2.48. The summed E-state index contributed by atoms with van der Waals surface area (Å²) in [6.07, 6.45) is 1.22. The van der Waals surface area contributed by atoms with E-state index in [1.165, 1.54) is 23.7 Å². The lowest BCUT2D eigenvalue weighted by molar-refractivity contribution is 0.136. The second-order valence-electron chi connectivity index (χ2n) is 4.14. The van der Waals surface area contributed by atoms with E-state index in [1.54, 1.807) is 11.3 Å². The van der Waals surface area contributed by atoms with Gasteiger partial charge in [-0.05, 0) is 19.9 Å². The Labute approximate surface area is 95.5 Å². The van der Waals surface area contributed by atoms with Crippen molar-refractivity contribution < 1.29 is 0 Å². The van der Waals surface area contributed by atoms with E-state index in [0.29, 0.717) is 0 Å². The average molecular weight is 225 g/mol. The van der Waals surface area contributed by atoms with Crippen LogP contribution in [0.2, 0.25) is 0 Å². The van der Waals surface area contributed by atoms with Gasteiger partial charge >= 0.3 is 0 Å². The van der Waals surface area contributed by atoms with Crippen LogP contribution in [0.15, 0.2) is 5.38 Å². The molecule has 0 radical (unpaired) electrons. The van der Waals surface area contributed by atoms with Gasteiger partial charge in [0.05, 0.1) is 10.7 Å². The first-order valence-corrected chi connectivity index (χ1v) is 6.53. The number of aryl methyl sites for hydroxylation is 1. The quantitative estimate of drug-likeness (QED) is 0.825. The topological polar surface area (TPSA) is 28.2 Å². The first kappa shape index (κ1) is 11.0. The van der Waals surface area contributed by atoms with Crippen LogP contribution in [0.25, 0.3) is 0 Å². The lowest BCUT2D eigenvalue weighted by atomic mass is 10.1. The summed E-state index contributed by atoms with van der Waals surface area (Å²) in [6.45, 7) is 8.80. The number of hydrogen-bond donors (Lipinski definition) is 1. The highest BCUT2D eigenvalue weighted by Crippen LogP contribution is 2.14. The number of aromatic nitrogens is 1. The van der Waals surface area contributed by atoms with Gasteiger partial charge < -0.3 is 5.32 Å². The summed E-state index contributed by atoms with van der Waals surface area (Å²) in [6, 6.07) is 0.729. The molecule has 1 aromatic rings. The van der Waals surface area contributed by atoms with Crippen molar-refractivity contribution in [3.8, 4) is 0 Å². The fraction of sp³-hybridized carbons (Fsp3) is 0.727. The minimum absolute atomic E-state index is 0.729. The predicted molar refractivity (Wildman–Crippen MR) is 64.2 cm³/mol. The maximum atomic E-state index is 4.53. The Morgan fingerprint density at radius 1 is 1.60 bits per heavy atom. The van der Waals surface area contributed by atoms with Crippen molar-refractivity contribution >= 4 is 11.3 Å². The van der Waals surface area contributed by atoms with Crippen molar-refractivity contribution in [3.05, 3.63) is 16.1 Å². The van der Waals surface area contributed by atoms with E-state index in [9.17, 15) is 0 Å². The summed E-state index contributed by atoms with van der Waals surface area (Å²) in [7, 11) is 0. The second kappa shape index (κ2) is 5.05. The first-order chi connectivity index (χ1) is 7.29. The van der Waals surface area contributed by atoms with Crippen LogP contribution in [0.3, 0.4) is 0 Å². The molecule has 0 spiro atoms. The van der Waals surface area contributed by atoms with Crippen LogP contribution < -0.4 is 5.32 Å². The van der Waals surface area contributed by atoms with Crippen molar-refractivity contribution in [3.63, 3.8) is 0 Å². The summed E-state index contributed by atoms with van der Waals surface area (Å²) in [5.74, 6) is 0. The van der Waals surface area contributed by atoms with Crippen LogP contribution in [0.4, 0.5) is 0 Å². The second-order valence-corrected chi connectivity index (χ2v) is 5.20. The zero-order valence-corrected chi connectivity index (χ0v) is 10.3. The SMILES string of the molecule is CCCN(Cc1csc(C)n1)C1CNC1. The Hall–Kier alpha value is -0.450. The van der Waals surface area contributed by atoms with Crippen molar-refractivity contribution in [1.82, 2.24) is 15.2 Å².